The summed E-state index contributed by atoms with van der Waals surface area (Å²) < 4.78 is 94.1. The van der Waals surface area contributed by atoms with E-state index in [0.717, 1.165) is 22.8 Å². The monoisotopic (exact) mass is 758 g/mol. The molecule has 18 heteroatoms. The molecule has 270 valence electrons. The van der Waals surface area contributed by atoms with Gasteiger partial charge in [0.2, 0.25) is 10.0 Å². The predicted molar refractivity (Wildman–Crippen MR) is 185 cm³/mol. The molecule has 0 fully saturated rings. The van der Waals surface area contributed by atoms with Gasteiger partial charge in [0.15, 0.2) is 5.82 Å². The van der Waals surface area contributed by atoms with Crippen LogP contribution in [0.2, 0.25) is 5.02 Å². The summed E-state index contributed by atoms with van der Waals surface area (Å²) in [5.74, 6) is -4.70. The lowest BCUT2D eigenvalue weighted by molar-refractivity contribution is 0.189. The van der Waals surface area contributed by atoms with E-state index in [2.05, 4.69) is 20.1 Å². The first kappa shape index (κ1) is 36.1. The van der Waals surface area contributed by atoms with Crippen LogP contribution in [0.1, 0.15) is 23.0 Å². The molecule has 2 aromatic heterocycles. The molecule has 6 rings (SSSR count). The first-order valence-electron chi connectivity index (χ1n) is 15.3. The number of carboxylic acid groups (broad SMARTS) is 1. The molecule has 0 aliphatic rings. The van der Waals surface area contributed by atoms with Crippen LogP contribution in [0.15, 0.2) is 71.5 Å². The van der Waals surface area contributed by atoms with Gasteiger partial charge in [0, 0.05) is 31.7 Å². The second-order valence-corrected chi connectivity index (χ2v) is 13.9. The molecule has 0 saturated heterocycles. The summed E-state index contributed by atoms with van der Waals surface area (Å²) in [6, 6.07) is 11.6. The van der Waals surface area contributed by atoms with Crippen molar-refractivity contribution >= 4 is 55.3 Å². The number of fused-ring (bicyclic) bond motifs is 2. The first-order chi connectivity index (χ1) is 24.6. The zero-order valence-corrected chi connectivity index (χ0v) is 28.7. The summed E-state index contributed by atoms with van der Waals surface area (Å²) in [6.07, 6.45) is -1.97. The molecule has 0 aliphatic heterocycles. The summed E-state index contributed by atoms with van der Waals surface area (Å²) in [6.45, 7) is 0. The molecule has 0 spiro atoms. The molecule has 12 nitrogen and oxygen atoms in total. The number of hydrogen-bond acceptors (Lipinski definition) is 7. The van der Waals surface area contributed by atoms with Crippen molar-refractivity contribution in [2.75, 3.05) is 17.6 Å². The van der Waals surface area contributed by atoms with Crippen molar-refractivity contribution in [3.63, 3.8) is 0 Å². The van der Waals surface area contributed by atoms with Gasteiger partial charge in [-0.15, -0.1) is 0 Å². The number of halogens is 5. The highest BCUT2D eigenvalue weighted by Gasteiger charge is 2.28. The molecule has 2 heterocycles. The lowest BCUT2D eigenvalue weighted by Gasteiger charge is -2.22. The van der Waals surface area contributed by atoms with Crippen LogP contribution in [0.4, 0.5) is 28.2 Å². The molecule has 0 aliphatic carbocycles. The summed E-state index contributed by atoms with van der Waals surface area (Å²) in [5.41, 5.74) is -1.01. The van der Waals surface area contributed by atoms with E-state index in [9.17, 15) is 36.3 Å². The van der Waals surface area contributed by atoms with Gasteiger partial charge in [-0.05, 0) is 53.9 Å². The van der Waals surface area contributed by atoms with E-state index in [1.165, 1.54) is 31.0 Å². The quantitative estimate of drug-likeness (QED) is 0.135. The fraction of sp³-hybridized carbons (Fsp3) is 0.176. The number of anilines is 1. The molecule has 3 N–H and O–H groups in total. The second-order valence-electron chi connectivity index (χ2n) is 11.7. The molecular formula is C34H27ClF4N6O6S. The molecule has 0 unspecified atom stereocenters. The van der Waals surface area contributed by atoms with Crippen LogP contribution in [-0.4, -0.2) is 51.8 Å². The summed E-state index contributed by atoms with van der Waals surface area (Å²) in [5, 5.41) is 15.6. The zero-order chi connectivity index (χ0) is 37.5. The number of aryl methyl sites for hydroxylation is 2. The number of aromatic nitrogens is 4. The number of benzene rings is 4. The third-order valence-electron chi connectivity index (χ3n) is 8.11. The average Bonchev–Trinajstić information content (AvgIpc) is 3.38. The molecule has 6 aromatic rings. The van der Waals surface area contributed by atoms with Crippen molar-refractivity contribution < 1.29 is 40.6 Å². The van der Waals surface area contributed by atoms with Crippen LogP contribution in [-0.2, 0) is 29.9 Å². The second kappa shape index (κ2) is 14.1. The van der Waals surface area contributed by atoms with E-state index in [1.54, 1.807) is 24.3 Å². The van der Waals surface area contributed by atoms with E-state index in [4.69, 9.17) is 16.3 Å². The Balaban J connectivity index is 1.52. The fourth-order valence-electron chi connectivity index (χ4n) is 5.89. The van der Waals surface area contributed by atoms with Crippen LogP contribution in [0.25, 0.3) is 27.5 Å². The third-order valence-corrected chi connectivity index (χ3v) is 9.68. The van der Waals surface area contributed by atoms with E-state index in [1.807, 2.05) is 0 Å². The van der Waals surface area contributed by atoms with E-state index in [-0.39, 0.29) is 45.2 Å². The number of amides is 1. The molecule has 0 bridgehead atoms. The molecule has 1 atom stereocenters. The van der Waals surface area contributed by atoms with Gasteiger partial charge in [0.1, 0.15) is 40.2 Å². The van der Waals surface area contributed by atoms with Gasteiger partial charge in [-0.2, -0.15) is 5.10 Å². The van der Waals surface area contributed by atoms with Gasteiger partial charge >= 0.3 is 6.09 Å². The van der Waals surface area contributed by atoms with Crippen LogP contribution < -0.4 is 20.3 Å². The zero-order valence-electron chi connectivity index (χ0n) is 27.1. The number of methoxy groups -OCH3 is 1. The molecule has 52 heavy (non-hydrogen) atoms. The van der Waals surface area contributed by atoms with Crippen LogP contribution in [0, 0.1) is 23.3 Å². The van der Waals surface area contributed by atoms with E-state index < -0.39 is 74.1 Å². The number of ether oxygens (including phenoxy) is 1. The van der Waals surface area contributed by atoms with E-state index in [0.29, 0.717) is 23.4 Å². The largest absolute Gasteiger partial charge is 0.497 e. The molecular weight excluding hydrogens is 732 g/mol. The summed E-state index contributed by atoms with van der Waals surface area (Å²) in [4.78, 5) is 30.6. The van der Waals surface area contributed by atoms with Gasteiger partial charge in [-0.3, -0.25) is 18.8 Å². The maximum absolute atomic E-state index is 15.3. The standard InChI is InChI=1S/C34H27ClF4N6O6S/c1-44-30-27(8-7-23(35)28(30)31(42-44)43-52(49,50)10-9-17-3-5-22(51-2)6-4-17)45-32(40-25-16-21(38)15-24(39)29(25)33(45)46)26(41-34(47)48)13-18-11-19(36)14-20(37)12-18/h3-8,11-12,14-16,26,41H,9-10,13H2,1-2H3,(H,42,43)(H,47,48)/t26-/m0/s1. The number of nitrogens with one attached hydrogen (secondary N) is 2. The van der Waals surface area contributed by atoms with Gasteiger partial charge in [0.25, 0.3) is 5.56 Å². The fourth-order valence-corrected chi connectivity index (χ4v) is 7.18. The number of sulfonamides is 1. The summed E-state index contributed by atoms with van der Waals surface area (Å²) in [7, 11) is -1.15. The lowest BCUT2D eigenvalue weighted by Crippen LogP contribution is -2.35. The predicted octanol–water partition coefficient (Wildman–Crippen LogP) is 6.03. The smallest absolute Gasteiger partial charge is 0.405 e. The maximum Gasteiger partial charge on any atom is 0.405 e. The Kier molecular flexibility index (Phi) is 9.83. The van der Waals surface area contributed by atoms with Crippen LogP contribution >= 0.6 is 11.6 Å². The van der Waals surface area contributed by atoms with Crippen molar-refractivity contribution in [3.05, 3.63) is 122 Å². The van der Waals surface area contributed by atoms with Gasteiger partial charge in [0.05, 0.1) is 46.0 Å². The van der Waals surface area contributed by atoms with Crippen LogP contribution in [0.5, 0.6) is 5.75 Å². The normalized spacial score (nSPS) is 12.3. The van der Waals surface area contributed by atoms with Gasteiger partial charge in [-0.25, -0.2) is 35.8 Å². The van der Waals surface area contributed by atoms with Crippen molar-refractivity contribution in [3.8, 4) is 11.4 Å². The number of carbonyl (C=O) groups is 1. The Morgan fingerprint density at radius 2 is 1.63 bits per heavy atom. The minimum absolute atomic E-state index is 0.00764. The van der Waals surface area contributed by atoms with Crippen molar-refractivity contribution in [1.29, 1.82) is 0 Å². The Bertz CT molecular complexity index is 2530. The highest BCUT2D eigenvalue weighted by atomic mass is 35.5. The Labute approximate surface area is 297 Å². The third kappa shape index (κ3) is 7.36. The first-order valence-corrected chi connectivity index (χ1v) is 17.3. The number of hydrogen-bond donors (Lipinski definition) is 3. The Morgan fingerprint density at radius 1 is 0.962 bits per heavy atom. The lowest BCUT2D eigenvalue weighted by atomic mass is 10.0. The summed E-state index contributed by atoms with van der Waals surface area (Å²) >= 11 is 6.59. The van der Waals surface area contributed by atoms with Crippen LogP contribution in [0.3, 0.4) is 0 Å². The van der Waals surface area contributed by atoms with Crippen molar-refractivity contribution in [2.45, 2.75) is 18.9 Å². The van der Waals surface area contributed by atoms with Crippen molar-refractivity contribution in [2.24, 2.45) is 7.05 Å². The van der Waals surface area contributed by atoms with Gasteiger partial charge in [-0.1, -0.05) is 23.7 Å². The molecule has 0 radical (unpaired) electrons. The van der Waals surface area contributed by atoms with Crippen molar-refractivity contribution in [1.82, 2.24) is 24.6 Å². The Morgan fingerprint density at radius 3 is 2.29 bits per heavy atom. The minimum atomic E-state index is -4.06. The highest BCUT2D eigenvalue weighted by Crippen LogP contribution is 2.36. The molecule has 4 aromatic carbocycles. The number of nitrogens with zero attached hydrogens (tertiary/aromatic N) is 4. The Hall–Kier alpha value is -5.68. The maximum atomic E-state index is 15.3. The highest BCUT2D eigenvalue weighted by molar-refractivity contribution is 7.92. The number of rotatable bonds is 11. The van der Waals surface area contributed by atoms with Gasteiger partial charge < -0.3 is 15.2 Å². The molecule has 1 amide bonds. The van der Waals surface area contributed by atoms with E-state index >= 15 is 4.39 Å². The average molecular weight is 759 g/mol. The topological polar surface area (TPSA) is 157 Å². The molecule has 0 saturated carbocycles. The minimum Gasteiger partial charge on any atom is -0.497 e. The SMILES string of the molecule is COc1ccc(CCS(=O)(=O)Nc2nn(C)c3c(-n4c([C@H](Cc5cc(F)cc(F)c5)NC(=O)O)nc5cc(F)cc(F)c5c4=O)ccc(Cl)c23)cc1.